The van der Waals surface area contributed by atoms with E-state index >= 15 is 0 Å². The molecule has 122 valence electrons. The molecule has 9 heteroatoms. The molecule has 0 saturated carbocycles. The van der Waals surface area contributed by atoms with Gasteiger partial charge in [0.15, 0.2) is 0 Å². The highest BCUT2D eigenvalue weighted by Crippen LogP contribution is 2.34. The number of nitrogens with one attached hydrogen (secondary N) is 2. The molecular weight excluding hydrogens is 330 g/mol. The second-order valence-electron chi connectivity index (χ2n) is 3.94. The third-order valence-electron chi connectivity index (χ3n) is 2.37. The zero-order chi connectivity index (χ0) is 14.5. The average molecular weight is 348 g/mol. The normalized spacial score (nSPS) is 10.1. The average Bonchev–Trinajstić information content (AvgIpc) is 2.35. The Balaban J connectivity index is 0. The van der Waals surface area contributed by atoms with Gasteiger partial charge in [0.05, 0.1) is 23.5 Å². The summed E-state index contributed by atoms with van der Waals surface area (Å²) in [5.74, 6) is -0.543. The molecule has 0 aliphatic carbocycles. The molecule has 0 spiro atoms. The summed E-state index contributed by atoms with van der Waals surface area (Å²) < 4.78 is 37.8. The molecule has 0 atom stereocenters. The van der Waals surface area contributed by atoms with Crippen LogP contribution in [0.25, 0.3) is 0 Å². The van der Waals surface area contributed by atoms with E-state index in [-0.39, 0.29) is 37.0 Å². The van der Waals surface area contributed by atoms with E-state index in [1.165, 1.54) is 6.07 Å². The topological polar surface area (TPSA) is 67.1 Å². The number of anilines is 2. The maximum absolute atomic E-state index is 12.6. The minimum Gasteiger partial charge on any atom is -0.383 e. The van der Waals surface area contributed by atoms with E-state index in [1.54, 1.807) is 0 Å². The Hall–Kier alpha value is -1.18. The molecule has 1 aromatic rings. The Bertz CT molecular complexity index is 456. The molecule has 0 radical (unpaired) electrons. The number of carbonyl (C=O) groups excluding carboxylic acids is 1. The van der Waals surface area contributed by atoms with Crippen LogP contribution in [0.3, 0.4) is 0 Å². The first kappa shape index (κ1) is 22.1. The molecule has 1 aromatic carbocycles. The highest BCUT2D eigenvalue weighted by Gasteiger charge is 2.31. The highest BCUT2D eigenvalue weighted by molar-refractivity contribution is 5.95. The van der Waals surface area contributed by atoms with Crippen molar-refractivity contribution in [2.24, 2.45) is 5.73 Å². The second-order valence-corrected chi connectivity index (χ2v) is 3.94. The molecule has 21 heavy (non-hydrogen) atoms. The summed E-state index contributed by atoms with van der Waals surface area (Å²) >= 11 is 0. The van der Waals surface area contributed by atoms with Gasteiger partial charge in [0.1, 0.15) is 0 Å². The van der Waals surface area contributed by atoms with Crippen molar-refractivity contribution in [3.05, 3.63) is 23.8 Å². The Morgan fingerprint density at radius 3 is 2.33 bits per heavy atom. The molecule has 0 fully saturated rings. The van der Waals surface area contributed by atoms with E-state index in [1.807, 2.05) is 6.92 Å². The zero-order valence-corrected chi connectivity index (χ0v) is 12.9. The Morgan fingerprint density at radius 2 is 1.86 bits per heavy atom. The maximum atomic E-state index is 12.6. The number of hydrogen-bond acceptors (Lipinski definition) is 3. The lowest BCUT2D eigenvalue weighted by Gasteiger charge is -2.15. The largest absolute Gasteiger partial charge is 0.416 e. The van der Waals surface area contributed by atoms with Crippen molar-refractivity contribution < 1.29 is 18.0 Å². The van der Waals surface area contributed by atoms with Gasteiger partial charge < -0.3 is 16.4 Å². The number of alkyl halides is 3. The van der Waals surface area contributed by atoms with Gasteiger partial charge in [0, 0.05) is 6.54 Å². The minimum atomic E-state index is -4.45. The van der Waals surface area contributed by atoms with Gasteiger partial charge in [-0.3, -0.25) is 4.79 Å². The predicted molar refractivity (Wildman–Crippen MR) is 82.4 cm³/mol. The molecule has 0 aliphatic rings. The van der Waals surface area contributed by atoms with Crippen molar-refractivity contribution in [1.29, 1.82) is 0 Å². The number of carbonyl (C=O) groups is 1. The summed E-state index contributed by atoms with van der Waals surface area (Å²) in [4.78, 5) is 11.2. The van der Waals surface area contributed by atoms with Crippen molar-refractivity contribution >= 4 is 42.1 Å². The Kier molecular flexibility index (Phi) is 10.2. The fraction of sp³-hybridized carbons (Fsp3) is 0.417. The van der Waals surface area contributed by atoms with Crippen molar-refractivity contribution in [3.63, 3.8) is 0 Å². The number of rotatable bonds is 5. The lowest BCUT2D eigenvalue weighted by atomic mass is 10.1. The van der Waals surface area contributed by atoms with Crippen LogP contribution >= 0.6 is 24.8 Å². The summed E-state index contributed by atoms with van der Waals surface area (Å²) in [6.45, 7) is 2.23. The highest BCUT2D eigenvalue weighted by atomic mass is 35.5. The summed E-state index contributed by atoms with van der Waals surface area (Å²) in [6, 6.07) is 3.16. The van der Waals surface area contributed by atoms with Gasteiger partial charge in [-0.25, -0.2) is 0 Å². The summed E-state index contributed by atoms with van der Waals surface area (Å²) in [5.41, 5.74) is 4.85. The smallest absolute Gasteiger partial charge is 0.383 e. The van der Waals surface area contributed by atoms with Gasteiger partial charge >= 0.3 is 6.18 Å². The standard InChI is InChI=1S/C12H16F3N3O.2ClH/c1-2-5-17-9-4-3-8(12(13,14)15)6-10(9)18-11(19)7-16;;/h3-4,6,17H,2,5,7,16H2,1H3,(H,18,19);2*1H. The number of nitrogens with two attached hydrogens (primary N) is 1. The Labute approximate surface area is 133 Å². The van der Waals surface area contributed by atoms with Crippen molar-refractivity contribution in [2.45, 2.75) is 19.5 Å². The van der Waals surface area contributed by atoms with Crippen LogP contribution in [-0.2, 0) is 11.0 Å². The van der Waals surface area contributed by atoms with Crippen LogP contribution in [0.2, 0.25) is 0 Å². The van der Waals surface area contributed by atoms with Gasteiger partial charge in [0.2, 0.25) is 5.91 Å². The first-order valence-electron chi connectivity index (χ1n) is 5.83. The van der Waals surface area contributed by atoms with E-state index in [0.29, 0.717) is 12.2 Å². The van der Waals surface area contributed by atoms with Crippen LogP contribution < -0.4 is 16.4 Å². The SMILES string of the molecule is CCCNc1ccc(C(F)(F)F)cc1NC(=O)CN.Cl.Cl. The molecule has 1 amide bonds. The van der Waals surface area contributed by atoms with Crippen LogP contribution in [0, 0.1) is 0 Å². The first-order valence-corrected chi connectivity index (χ1v) is 5.83. The molecule has 0 heterocycles. The molecule has 4 nitrogen and oxygen atoms in total. The van der Waals surface area contributed by atoms with E-state index in [9.17, 15) is 18.0 Å². The Morgan fingerprint density at radius 1 is 1.24 bits per heavy atom. The van der Waals surface area contributed by atoms with Gasteiger partial charge in [-0.1, -0.05) is 6.92 Å². The third-order valence-corrected chi connectivity index (χ3v) is 2.37. The minimum absolute atomic E-state index is 0. The second kappa shape index (κ2) is 9.70. The quantitative estimate of drug-likeness (QED) is 0.765. The van der Waals surface area contributed by atoms with E-state index in [4.69, 9.17) is 5.73 Å². The third kappa shape index (κ3) is 6.88. The number of hydrogen-bond donors (Lipinski definition) is 3. The number of amides is 1. The zero-order valence-electron chi connectivity index (χ0n) is 11.3. The number of benzene rings is 1. The first-order chi connectivity index (χ1) is 8.88. The monoisotopic (exact) mass is 347 g/mol. The van der Waals surface area contributed by atoms with E-state index < -0.39 is 17.6 Å². The van der Waals surface area contributed by atoms with Gasteiger partial charge in [-0.05, 0) is 24.6 Å². The molecule has 4 N–H and O–H groups in total. The van der Waals surface area contributed by atoms with E-state index in [2.05, 4.69) is 10.6 Å². The molecule has 0 saturated heterocycles. The van der Waals surface area contributed by atoms with Crippen molar-refractivity contribution in [1.82, 2.24) is 0 Å². The van der Waals surface area contributed by atoms with Gasteiger partial charge in [-0.2, -0.15) is 13.2 Å². The molecule has 0 aromatic heterocycles. The number of halogens is 5. The van der Waals surface area contributed by atoms with Crippen molar-refractivity contribution in [3.8, 4) is 0 Å². The molecule has 1 rings (SSSR count). The van der Waals surface area contributed by atoms with Gasteiger partial charge in [0.25, 0.3) is 0 Å². The van der Waals surface area contributed by atoms with Crippen LogP contribution in [0.15, 0.2) is 18.2 Å². The molecule has 0 unspecified atom stereocenters. The van der Waals surface area contributed by atoms with E-state index in [0.717, 1.165) is 18.6 Å². The van der Waals surface area contributed by atoms with Crippen molar-refractivity contribution in [2.75, 3.05) is 23.7 Å². The maximum Gasteiger partial charge on any atom is 0.416 e. The summed E-state index contributed by atoms with van der Waals surface area (Å²) in [6.07, 6.45) is -3.64. The van der Waals surface area contributed by atoms with Crippen LogP contribution in [0.4, 0.5) is 24.5 Å². The lowest BCUT2D eigenvalue weighted by molar-refractivity contribution is -0.137. The predicted octanol–water partition coefficient (Wildman–Crippen LogP) is 3.27. The molecule has 0 bridgehead atoms. The fourth-order valence-electron chi connectivity index (χ4n) is 1.44. The molecule has 0 aliphatic heterocycles. The summed E-state index contributed by atoms with van der Waals surface area (Å²) in [5, 5.41) is 5.30. The van der Waals surface area contributed by atoms with Crippen LogP contribution in [0.1, 0.15) is 18.9 Å². The van der Waals surface area contributed by atoms with Crippen LogP contribution in [0.5, 0.6) is 0 Å². The van der Waals surface area contributed by atoms with Crippen LogP contribution in [-0.4, -0.2) is 19.0 Å². The molecular formula is C12H18Cl2F3N3O. The lowest BCUT2D eigenvalue weighted by Crippen LogP contribution is -2.23. The fourth-order valence-corrected chi connectivity index (χ4v) is 1.44. The van der Waals surface area contributed by atoms with Gasteiger partial charge in [-0.15, -0.1) is 24.8 Å². The summed E-state index contributed by atoms with van der Waals surface area (Å²) in [7, 11) is 0.